The van der Waals surface area contributed by atoms with Gasteiger partial charge in [-0.2, -0.15) is 0 Å². The lowest BCUT2D eigenvalue weighted by atomic mass is 10.2. The van der Waals surface area contributed by atoms with Crippen LogP contribution in [0.25, 0.3) is 0 Å². The van der Waals surface area contributed by atoms with Crippen molar-refractivity contribution in [3.8, 4) is 0 Å². The van der Waals surface area contributed by atoms with Crippen molar-refractivity contribution in [2.24, 2.45) is 0 Å². The predicted molar refractivity (Wildman–Crippen MR) is 89.6 cm³/mol. The molecule has 0 fully saturated rings. The van der Waals surface area contributed by atoms with Crippen molar-refractivity contribution in [3.05, 3.63) is 38.4 Å². The molecule has 0 amide bonds. The molecular formula is C15H25N4O4+. The van der Waals surface area contributed by atoms with Crippen LogP contribution in [0, 0.1) is 20.2 Å². The predicted octanol–water partition coefficient (Wildman–Crippen LogP) is 3.18. The summed E-state index contributed by atoms with van der Waals surface area (Å²) in [6.45, 7) is 4.82. The summed E-state index contributed by atoms with van der Waals surface area (Å²) in [5, 5.41) is 24.8. The smallest absolute Gasteiger partial charge is 0.299 e. The van der Waals surface area contributed by atoms with Gasteiger partial charge in [0, 0.05) is 19.0 Å². The molecule has 0 heterocycles. The Bertz CT molecular complexity index is 560. The number of nitrogens with one attached hydrogen (secondary N) is 1. The zero-order valence-corrected chi connectivity index (χ0v) is 13.9. The minimum absolute atomic E-state index is 0.265. The average molecular weight is 325 g/mol. The number of nitro groups is 2. The molecule has 1 N–H and O–H groups in total. The second-order valence-corrected chi connectivity index (χ2v) is 6.23. The van der Waals surface area contributed by atoms with Crippen LogP contribution in [0.3, 0.4) is 0 Å². The van der Waals surface area contributed by atoms with Gasteiger partial charge in [-0.05, 0) is 12.5 Å². The number of nitrogens with zero attached hydrogens (tertiary/aromatic N) is 3. The molecule has 0 aliphatic carbocycles. The molecule has 0 bridgehead atoms. The molecule has 1 aromatic rings. The molecule has 0 spiro atoms. The van der Waals surface area contributed by atoms with E-state index in [-0.39, 0.29) is 11.4 Å². The first-order valence-electron chi connectivity index (χ1n) is 7.75. The van der Waals surface area contributed by atoms with Crippen LogP contribution in [-0.4, -0.2) is 48.1 Å². The Morgan fingerprint density at radius 1 is 1.09 bits per heavy atom. The Balaban J connectivity index is 2.61. The summed E-state index contributed by atoms with van der Waals surface area (Å²) in [4.78, 5) is 20.5. The number of hydrogen-bond acceptors (Lipinski definition) is 5. The van der Waals surface area contributed by atoms with Gasteiger partial charge in [0.15, 0.2) is 0 Å². The maximum absolute atomic E-state index is 11.0. The first-order chi connectivity index (χ1) is 10.8. The average Bonchev–Trinajstić information content (AvgIpc) is 2.49. The summed E-state index contributed by atoms with van der Waals surface area (Å²) < 4.78 is 0.915. The van der Waals surface area contributed by atoms with Crippen LogP contribution < -0.4 is 5.32 Å². The third-order valence-corrected chi connectivity index (χ3v) is 3.76. The molecule has 0 unspecified atom stereocenters. The number of non-ortho nitro benzene ring substituents is 1. The molecule has 1 rings (SSSR count). The van der Waals surface area contributed by atoms with Gasteiger partial charge in [-0.25, -0.2) is 0 Å². The van der Waals surface area contributed by atoms with E-state index < -0.39 is 9.85 Å². The largest absolute Gasteiger partial charge is 0.379 e. The highest BCUT2D eigenvalue weighted by Gasteiger charge is 2.19. The van der Waals surface area contributed by atoms with E-state index >= 15 is 0 Å². The summed E-state index contributed by atoms with van der Waals surface area (Å²) in [7, 11) is 4.34. The van der Waals surface area contributed by atoms with Gasteiger partial charge in [0.2, 0.25) is 0 Å². The molecule has 0 atom stereocenters. The van der Waals surface area contributed by atoms with E-state index in [2.05, 4.69) is 26.3 Å². The lowest BCUT2D eigenvalue weighted by Crippen LogP contribution is -2.41. The molecule has 0 saturated heterocycles. The Hall–Kier alpha value is -2.22. The van der Waals surface area contributed by atoms with Crippen molar-refractivity contribution in [2.75, 3.05) is 39.0 Å². The fourth-order valence-corrected chi connectivity index (χ4v) is 2.36. The number of rotatable bonds is 10. The van der Waals surface area contributed by atoms with Crippen molar-refractivity contribution in [2.45, 2.75) is 26.2 Å². The summed E-state index contributed by atoms with van der Waals surface area (Å²) in [5.41, 5.74) is -0.224. The van der Waals surface area contributed by atoms with E-state index in [1.807, 2.05) is 0 Å². The SMILES string of the molecule is CCCC[N+](C)(C)CCCNc1ccc([N+](=O)[O-])cc1[N+](=O)[O-]. The van der Waals surface area contributed by atoms with Crippen molar-refractivity contribution >= 4 is 17.1 Å². The number of nitro benzene ring substituents is 2. The Labute approximate surface area is 136 Å². The fraction of sp³-hybridized carbons (Fsp3) is 0.600. The van der Waals surface area contributed by atoms with Gasteiger partial charge in [-0.1, -0.05) is 13.3 Å². The van der Waals surface area contributed by atoms with Gasteiger partial charge in [-0.15, -0.1) is 0 Å². The topological polar surface area (TPSA) is 98.3 Å². The highest BCUT2D eigenvalue weighted by molar-refractivity contribution is 5.65. The van der Waals surface area contributed by atoms with E-state index in [0.29, 0.717) is 12.2 Å². The van der Waals surface area contributed by atoms with Crippen LogP contribution in [0.15, 0.2) is 18.2 Å². The van der Waals surface area contributed by atoms with Crippen molar-refractivity contribution in [1.82, 2.24) is 0 Å². The number of unbranched alkanes of at least 4 members (excludes halogenated alkanes) is 1. The van der Waals surface area contributed by atoms with Gasteiger partial charge in [0.1, 0.15) is 5.69 Å². The standard InChI is InChI=1S/C15H25N4O4/c1-4-5-10-19(2,3)11-6-9-16-14-8-7-13(17(20)21)12-15(14)18(22)23/h7-8,12,16H,4-6,9-11H2,1-3H3/q+1. The van der Waals surface area contributed by atoms with E-state index in [1.165, 1.54) is 18.6 Å². The van der Waals surface area contributed by atoms with Gasteiger partial charge < -0.3 is 9.80 Å². The highest BCUT2D eigenvalue weighted by atomic mass is 16.6. The van der Waals surface area contributed by atoms with Crippen LogP contribution in [0.1, 0.15) is 26.2 Å². The monoisotopic (exact) mass is 325 g/mol. The van der Waals surface area contributed by atoms with Crippen molar-refractivity contribution < 1.29 is 14.3 Å². The molecule has 0 saturated carbocycles. The first-order valence-corrected chi connectivity index (χ1v) is 7.75. The maximum atomic E-state index is 11.0. The van der Waals surface area contributed by atoms with Gasteiger partial charge in [0.05, 0.1) is 43.1 Å². The minimum atomic E-state index is -0.634. The number of hydrogen-bond donors (Lipinski definition) is 1. The van der Waals surface area contributed by atoms with E-state index in [0.717, 1.165) is 36.5 Å². The lowest BCUT2D eigenvalue weighted by molar-refractivity contribution is -0.890. The molecule has 128 valence electrons. The summed E-state index contributed by atoms with van der Waals surface area (Å²) in [5.74, 6) is 0. The van der Waals surface area contributed by atoms with Crippen LogP contribution >= 0.6 is 0 Å². The molecular weight excluding hydrogens is 300 g/mol. The fourth-order valence-electron chi connectivity index (χ4n) is 2.36. The summed E-state index contributed by atoms with van der Waals surface area (Å²) in [6, 6.07) is 3.66. The molecule has 0 radical (unpaired) electrons. The normalized spacial score (nSPS) is 11.3. The van der Waals surface area contributed by atoms with Crippen LogP contribution in [0.4, 0.5) is 17.1 Å². The lowest BCUT2D eigenvalue weighted by Gasteiger charge is -2.29. The Morgan fingerprint density at radius 2 is 1.74 bits per heavy atom. The first kappa shape index (κ1) is 18.8. The molecule has 8 nitrogen and oxygen atoms in total. The van der Waals surface area contributed by atoms with E-state index in [1.54, 1.807) is 0 Å². The number of quaternary nitrogens is 1. The zero-order valence-electron chi connectivity index (χ0n) is 13.9. The maximum Gasteiger partial charge on any atom is 0.299 e. The van der Waals surface area contributed by atoms with Crippen molar-refractivity contribution in [3.63, 3.8) is 0 Å². The van der Waals surface area contributed by atoms with Gasteiger partial charge >= 0.3 is 0 Å². The van der Waals surface area contributed by atoms with Crippen LogP contribution in [-0.2, 0) is 0 Å². The van der Waals surface area contributed by atoms with E-state index in [4.69, 9.17) is 0 Å². The zero-order chi connectivity index (χ0) is 17.5. The highest BCUT2D eigenvalue weighted by Crippen LogP contribution is 2.28. The van der Waals surface area contributed by atoms with Crippen molar-refractivity contribution in [1.29, 1.82) is 0 Å². The summed E-state index contributed by atoms with van der Waals surface area (Å²) in [6.07, 6.45) is 3.20. The van der Waals surface area contributed by atoms with Crippen LogP contribution in [0.2, 0.25) is 0 Å². The number of anilines is 1. The molecule has 0 aromatic heterocycles. The molecule has 1 aromatic carbocycles. The third kappa shape index (κ3) is 6.19. The second kappa shape index (κ2) is 8.42. The van der Waals surface area contributed by atoms with Gasteiger partial charge in [0.25, 0.3) is 11.4 Å². The second-order valence-electron chi connectivity index (χ2n) is 6.23. The molecule has 0 aliphatic heterocycles. The quantitative estimate of drug-likeness (QED) is 0.308. The van der Waals surface area contributed by atoms with Gasteiger partial charge in [-0.3, -0.25) is 20.2 Å². The molecule has 23 heavy (non-hydrogen) atoms. The van der Waals surface area contributed by atoms with Crippen LogP contribution in [0.5, 0.6) is 0 Å². The molecule has 0 aliphatic rings. The molecule has 8 heteroatoms. The number of benzene rings is 1. The van der Waals surface area contributed by atoms with E-state index in [9.17, 15) is 20.2 Å². The summed E-state index contributed by atoms with van der Waals surface area (Å²) >= 11 is 0. The Kier molecular flexibility index (Phi) is 6.89. The minimum Gasteiger partial charge on any atom is -0.379 e. The third-order valence-electron chi connectivity index (χ3n) is 3.76. The Morgan fingerprint density at radius 3 is 2.30 bits per heavy atom.